The summed E-state index contributed by atoms with van der Waals surface area (Å²) < 4.78 is 42.1. The van der Waals surface area contributed by atoms with Crippen LogP contribution < -0.4 is 4.74 Å². The minimum atomic E-state index is -4.38. The summed E-state index contributed by atoms with van der Waals surface area (Å²) in [4.78, 5) is 0. The first-order chi connectivity index (χ1) is 6.45. The third-order valence-electron chi connectivity index (χ3n) is 1.65. The zero-order chi connectivity index (χ0) is 10.8. The zero-order valence-electron chi connectivity index (χ0n) is 7.69. The van der Waals surface area contributed by atoms with E-state index in [4.69, 9.17) is 4.74 Å². The van der Waals surface area contributed by atoms with E-state index < -0.39 is 11.7 Å². The van der Waals surface area contributed by atoms with Crippen molar-refractivity contribution in [2.45, 2.75) is 13.1 Å². The zero-order valence-corrected chi connectivity index (χ0v) is 7.69. The largest absolute Gasteiger partial charge is 0.493 e. The van der Waals surface area contributed by atoms with Crippen LogP contribution in [-0.2, 0) is 6.18 Å². The molecule has 0 aromatic heterocycles. The van der Waals surface area contributed by atoms with Crippen molar-refractivity contribution in [2.24, 2.45) is 0 Å². The van der Waals surface area contributed by atoms with Crippen LogP contribution >= 0.6 is 0 Å². The van der Waals surface area contributed by atoms with Gasteiger partial charge in [-0.3, -0.25) is 0 Å². The molecule has 0 heterocycles. The topological polar surface area (TPSA) is 9.23 Å². The minimum Gasteiger partial charge on any atom is -0.493 e. The molecule has 0 saturated carbocycles. The van der Waals surface area contributed by atoms with Crippen LogP contribution in [0, 0.1) is 6.92 Å². The van der Waals surface area contributed by atoms with Crippen molar-refractivity contribution >= 4 is 0 Å². The number of alkyl halides is 3. The number of benzene rings is 1. The molecule has 0 atom stereocenters. The molecule has 1 rings (SSSR count). The molecule has 4 heteroatoms. The Labute approximate surface area is 80.5 Å². The van der Waals surface area contributed by atoms with E-state index in [1.54, 1.807) is 6.92 Å². The van der Waals surface area contributed by atoms with Crippen LogP contribution in [0.25, 0.3) is 0 Å². The molecule has 0 spiro atoms. The predicted molar refractivity (Wildman–Crippen MR) is 47.1 cm³/mol. The fourth-order valence-electron chi connectivity index (χ4n) is 1.08. The molecule has 0 bridgehead atoms. The Morgan fingerprint density at radius 2 is 2.00 bits per heavy atom. The molecular weight excluding hydrogens is 193 g/mol. The van der Waals surface area contributed by atoms with Crippen molar-refractivity contribution in [1.82, 2.24) is 0 Å². The van der Waals surface area contributed by atoms with Gasteiger partial charge in [-0.2, -0.15) is 13.2 Å². The summed E-state index contributed by atoms with van der Waals surface area (Å²) in [6.45, 7) is 5.38. The highest BCUT2D eigenvalue weighted by atomic mass is 19.4. The Morgan fingerprint density at radius 1 is 1.36 bits per heavy atom. The van der Waals surface area contributed by atoms with Gasteiger partial charge < -0.3 is 4.74 Å². The molecule has 0 N–H and O–H groups in total. The van der Waals surface area contributed by atoms with Gasteiger partial charge in [0.05, 0.1) is 12.2 Å². The van der Waals surface area contributed by atoms with Crippen molar-refractivity contribution < 1.29 is 17.9 Å². The monoisotopic (exact) mass is 203 g/mol. The summed E-state index contributed by atoms with van der Waals surface area (Å²) >= 11 is 0. The van der Waals surface area contributed by atoms with Crippen LogP contribution in [-0.4, -0.2) is 6.61 Å². The summed E-state index contributed by atoms with van der Waals surface area (Å²) in [5.74, 6) is -0.160. The van der Waals surface area contributed by atoms with Crippen LogP contribution in [0.4, 0.5) is 13.2 Å². The van der Waals surface area contributed by atoms with Crippen molar-refractivity contribution in [3.8, 4) is 5.75 Å². The van der Waals surface area contributed by atoms with Gasteiger partial charge in [-0.25, -0.2) is 0 Å². The molecule has 1 aromatic carbocycles. The normalized spacial score (nSPS) is 11.5. The van der Waals surface area contributed by atoms with E-state index in [0.717, 1.165) is 6.07 Å². The van der Waals surface area contributed by atoms with E-state index in [1.807, 2.05) is 0 Å². The van der Waals surface area contributed by atoms with E-state index in [-0.39, 0.29) is 12.4 Å². The van der Waals surface area contributed by atoms with Crippen LogP contribution in [0.15, 0.2) is 18.2 Å². The van der Waals surface area contributed by atoms with Gasteiger partial charge in [0.25, 0.3) is 0 Å². The van der Waals surface area contributed by atoms with E-state index in [1.165, 1.54) is 12.1 Å². The highest BCUT2D eigenvalue weighted by Crippen LogP contribution is 2.36. The van der Waals surface area contributed by atoms with Crippen molar-refractivity contribution in [1.29, 1.82) is 0 Å². The molecule has 0 fully saturated rings. The first-order valence-corrected chi connectivity index (χ1v) is 4.11. The van der Waals surface area contributed by atoms with Crippen LogP contribution in [0.2, 0.25) is 0 Å². The standard InChI is InChI=1S/C10H10F3O/c1-3-14-9-6-7(2)4-5-8(9)10(11,12)13/h4-6H,2-3H2,1H3. The summed E-state index contributed by atoms with van der Waals surface area (Å²) in [6.07, 6.45) is -4.38. The molecule has 14 heavy (non-hydrogen) atoms. The smallest absolute Gasteiger partial charge is 0.419 e. The summed E-state index contributed by atoms with van der Waals surface area (Å²) in [5.41, 5.74) is -0.256. The quantitative estimate of drug-likeness (QED) is 0.716. The van der Waals surface area contributed by atoms with Gasteiger partial charge in [0, 0.05) is 0 Å². The average molecular weight is 203 g/mol. The molecular formula is C10H10F3O. The van der Waals surface area contributed by atoms with E-state index in [0.29, 0.717) is 5.56 Å². The second-order valence-electron chi connectivity index (χ2n) is 2.76. The van der Waals surface area contributed by atoms with Crippen molar-refractivity contribution in [2.75, 3.05) is 6.61 Å². The molecule has 0 aliphatic rings. The molecule has 1 aromatic rings. The maximum atomic E-state index is 12.4. The Morgan fingerprint density at radius 3 is 2.50 bits per heavy atom. The third-order valence-corrected chi connectivity index (χ3v) is 1.65. The van der Waals surface area contributed by atoms with E-state index in [9.17, 15) is 13.2 Å². The predicted octanol–water partition coefficient (Wildman–Crippen LogP) is 3.29. The molecule has 0 saturated heterocycles. The fourth-order valence-corrected chi connectivity index (χ4v) is 1.08. The number of ether oxygens (including phenoxy) is 1. The molecule has 0 aliphatic heterocycles. The first kappa shape index (κ1) is 10.9. The first-order valence-electron chi connectivity index (χ1n) is 4.11. The number of hydrogen-bond donors (Lipinski definition) is 0. The lowest BCUT2D eigenvalue weighted by atomic mass is 10.1. The maximum Gasteiger partial charge on any atom is 0.419 e. The van der Waals surface area contributed by atoms with Gasteiger partial charge in [0.2, 0.25) is 0 Å². The second kappa shape index (κ2) is 3.90. The lowest BCUT2D eigenvalue weighted by Gasteiger charge is -2.13. The highest BCUT2D eigenvalue weighted by Gasteiger charge is 2.34. The Kier molecular flexibility index (Phi) is 3.03. The summed E-state index contributed by atoms with van der Waals surface area (Å²) in [5, 5.41) is 0. The summed E-state index contributed by atoms with van der Waals surface area (Å²) in [7, 11) is 0. The SMILES string of the molecule is [CH2]c1ccc(C(F)(F)F)c(OCC)c1. The van der Waals surface area contributed by atoms with Crippen molar-refractivity contribution in [3.05, 3.63) is 36.2 Å². The van der Waals surface area contributed by atoms with E-state index >= 15 is 0 Å². The number of rotatable bonds is 2. The Balaban J connectivity index is 3.15. The number of hydrogen-bond acceptors (Lipinski definition) is 1. The highest BCUT2D eigenvalue weighted by molar-refractivity contribution is 5.40. The molecule has 1 nitrogen and oxygen atoms in total. The minimum absolute atomic E-state index is 0.160. The average Bonchev–Trinajstić information content (AvgIpc) is 2.02. The molecule has 0 aliphatic carbocycles. The van der Waals surface area contributed by atoms with Gasteiger partial charge in [-0.15, -0.1) is 0 Å². The lowest BCUT2D eigenvalue weighted by molar-refractivity contribution is -0.138. The molecule has 77 valence electrons. The van der Waals surface area contributed by atoms with Gasteiger partial charge in [0.1, 0.15) is 5.75 Å². The van der Waals surface area contributed by atoms with Gasteiger partial charge in [-0.1, -0.05) is 6.07 Å². The Bertz CT molecular complexity index is 318. The Hall–Kier alpha value is -1.19. The fraction of sp³-hybridized carbons (Fsp3) is 0.300. The van der Waals surface area contributed by atoms with E-state index in [2.05, 4.69) is 6.92 Å². The van der Waals surface area contributed by atoms with Crippen LogP contribution in [0.5, 0.6) is 5.75 Å². The maximum absolute atomic E-state index is 12.4. The third kappa shape index (κ3) is 2.40. The number of halogens is 3. The molecule has 1 radical (unpaired) electrons. The van der Waals surface area contributed by atoms with Crippen LogP contribution in [0.1, 0.15) is 18.1 Å². The second-order valence-corrected chi connectivity index (χ2v) is 2.76. The summed E-state index contributed by atoms with van der Waals surface area (Å²) in [6, 6.07) is 3.57. The molecule has 0 amide bonds. The molecule has 0 unspecified atom stereocenters. The van der Waals surface area contributed by atoms with Crippen molar-refractivity contribution in [3.63, 3.8) is 0 Å². The lowest BCUT2D eigenvalue weighted by Crippen LogP contribution is -2.08. The van der Waals surface area contributed by atoms with Crippen LogP contribution in [0.3, 0.4) is 0 Å². The van der Waals surface area contributed by atoms with Gasteiger partial charge >= 0.3 is 6.18 Å². The van der Waals surface area contributed by atoms with Gasteiger partial charge in [0.15, 0.2) is 0 Å². The van der Waals surface area contributed by atoms with Gasteiger partial charge in [-0.05, 0) is 31.5 Å².